The van der Waals surface area contributed by atoms with E-state index >= 15 is 0 Å². The van der Waals surface area contributed by atoms with Gasteiger partial charge in [0.1, 0.15) is 5.69 Å². The van der Waals surface area contributed by atoms with E-state index in [4.69, 9.17) is 11.6 Å². The van der Waals surface area contributed by atoms with Crippen molar-refractivity contribution in [1.29, 1.82) is 0 Å². The van der Waals surface area contributed by atoms with E-state index in [1.54, 1.807) is 17.0 Å². The van der Waals surface area contributed by atoms with Gasteiger partial charge in [0.05, 0.1) is 16.9 Å². The van der Waals surface area contributed by atoms with Gasteiger partial charge >= 0.3 is 0 Å². The van der Waals surface area contributed by atoms with Crippen molar-refractivity contribution in [2.75, 3.05) is 19.6 Å². The van der Waals surface area contributed by atoms with Gasteiger partial charge in [0.25, 0.3) is 5.91 Å². The number of carbonyl (C=O) groups is 1. The Kier molecular flexibility index (Phi) is 7.50. The maximum Gasteiger partial charge on any atom is 0.274 e. The van der Waals surface area contributed by atoms with Gasteiger partial charge in [-0.05, 0) is 37.6 Å². The minimum Gasteiger partial charge on any atom is -0.328 e. The first kappa shape index (κ1) is 20.0. The van der Waals surface area contributed by atoms with Crippen LogP contribution in [-0.4, -0.2) is 40.2 Å². The summed E-state index contributed by atoms with van der Waals surface area (Å²) in [5, 5.41) is 7.88. The lowest BCUT2D eigenvalue weighted by Gasteiger charge is -2.23. The highest BCUT2D eigenvalue weighted by Gasteiger charge is 2.21. The molecule has 5 nitrogen and oxygen atoms in total. The normalized spacial score (nSPS) is 16.9. The molecule has 3 heterocycles. The fourth-order valence-electron chi connectivity index (χ4n) is 2.88. The Morgan fingerprint density at radius 3 is 3.00 bits per heavy atom. The topological polar surface area (TPSA) is 50.2 Å². The molecule has 0 spiro atoms. The van der Waals surface area contributed by atoms with Gasteiger partial charge in [-0.3, -0.25) is 9.48 Å². The summed E-state index contributed by atoms with van der Waals surface area (Å²) >= 11 is 7.47. The molecule has 0 saturated carbocycles. The highest BCUT2D eigenvalue weighted by atomic mass is 35.5. The lowest BCUT2D eigenvalue weighted by molar-refractivity contribution is 0.0757. The number of nitrogens with one attached hydrogen (secondary N) is 1. The first-order valence-corrected chi connectivity index (χ1v) is 9.27. The molecule has 2 aromatic rings. The Hall–Kier alpha value is -1.34. The first-order valence-electron chi connectivity index (χ1n) is 8.07. The van der Waals surface area contributed by atoms with E-state index < -0.39 is 0 Å². The molecule has 1 fully saturated rings. The summed E-state index contributed by atoms with van der Waals surface area (Å²) in [5.41, 5.74) is 0.477. The summed E-state index contributed by atoms with van der Waals surface area (Å²) in [5.74, 6) is -0.0815. The number of aromatic nitrogens is 2. The van der Waals surface area contributed by atoms with Crippen molar-refractivity contribution in [2.24, 2.45) is 0 Å². The molecule has 0 bridgehead atoms. The maximum absolute atomic E-state index is 12.8. The van der Waals surface area contributed by atoms with Gasteiger partial charge in [0, 0.05) is 24.2 Å². The summed E-state index contributed by atoms with van der Waals surface area (Å²) in [7, 11) is 0. The predicted molar refractivity (Wildman–Crippen MR) is 105 cm³/mol. The van der Waals surface area contributed by atoms with Crippen LogP contribution < -0.4 is 5.32 Å². The maximum atomic E-state index is 12.8. The third kappa shape index (κ3) is 5.07. The van der Waals surface area contributed by atoms with Crippen molar-refractivity contribution in [3.8, 4) is 0 Å². The molecular formula is C17H22Cl2N4OS. The van der Waals surface area contributed by atoms with Crippen LogP contribution in [-0.2, 0) is 6.54 Å². The van der Waals surface area contributed by atoms with Crippen LogP contribution in [0.5, 0.6) is 0 Å². The highest BCUT2D eigenvalue weighted by molar-refractivity contribution is 7.16. The van der Waals surface area contributed by atoms with Crippen molar-refractivity contribution in [3.63, 3.8) is 0 Å². The van der Waals surface area contributed by atoms with E-state index in [9.17, 15) is 4.79 Å². The van der Waals surface area contributed by atoms with Gasteiger partial charge in [-0.15, -0.1) is 30.3 Å². The SMILES string of the molecule is C=CCN(Cc1ccc(Cl)s1)C(=O)c1ccn(C2CCCNC2)n1.Cl. The molecule has 136 valence electrons. The summed E-state index contributed by atoms with van der Waals surface area (Å²) in [6.45, 7) is 6.70. The van der Waals surface area contributed by atoms with Crippen LogP contribution in [0.15, 0.2) is 37.1 Å². The number of hydrogen-bond acceptors (Lipinski definition) is 4. The van der Waals surface area contributed by atoms with Gasteiger partial charge in [-0.1, -0.05) is 17.7 Å². The molecular weight excluding hydrogens is 379 g/mol. The van der Waals surface area contributed by atoms with Crippen LogP contribution in [0.1, 0.15) is 34.2 Å². The molecule has 1 aliphatic heterocycles. The standard InChI is InChI=1S/C17H21ClN4OS.ClH/c1-2-9-21(12-14-5-6-16(18)24-14)17(23)15-7-10-22(20-15)13-4-3-8-19-11-13;/h2,5-7,10,13,19H,1,3-4,8-9,11-12H2;1H. The Bertz CT molecular complexity index is 709. The monoisotopic (exact) mass is 400 g/mol. The van der Waals surface area contributed by atoms with Crippen LogP contribution in [0.4, 0.5) is 0 Å². The molecule has 25 heavy (non-hydrogen) atoms. The number of hydrogen-bond donors (Lipinski definition) is 1. The Morgan fingerprint density at radius 1 is 1.52 bits per heavy atom. The zero-order valence-electron chi connectivity index (χ0n) is 13.9. The average Bonchev–Trinajstić information content (AvgIpc) is 3.24. The van der Waals surface area contributed by atoms with E-state index in [0.717, 1.165) is 35.1 Å². The van der Waals surface area contributed by atoms with Crippen molar-refractivity contribution in [3.05, 3.63) is 52.0 Å². The number of rotatable bonds is 6. The second-order valence-electron chi connectivity index (χ2n) is 5.86. The highest BCUT2D eigenvalue weighted by Crippen LogP contribution is 2.23. The van der Waals surface area contributed by atoms with E-state index in [1.807, 2.05) is 23.0 Å². The number of piperidine rings is 1. The second-order valence-corrected chi connectivity index (χ2v) is 7.66. The molecule has 8 heteroatoms. The van der Waals surface area contributed by atoms with Gasteiger partial charge in [-0.2, -0.15) is 5.10 Å². The lowest BCUT2D eigenvalue weighted by atomic mass is 10.1. The molecule has 1 atom stereocenters. The van der Waals surface area contributed by atoms with Crippen molar-refractivity contribution >= 4 is 41.3 Å². The molecule has 2 aromatic heterocycles. The van der Waals surface area contributed by atoms with Crippen LogP contribution in [0.3, 0.4) is 0 Å². The van der Waals surface area contributed by atoms with Crippen molar-refractivity contribution in [2.45, 2.75) is 25.4 Å². The Labute approximate surface area is 163 Å². The Morgan fingerprint density at radius 2 is 2.36 bits per heavy atom. The third-order valence-corrected chi connectivity index (χ3v) is 5.30. The third-order valence-electron chi connectivity index (χ3n) is 4.08. The number of nitrogens with zero attached hydrogens (tertiary/aromatic N) is 3. The lowest BCUT2D eigenvalue weighted by Crippen LogP contribution is -2.33. The predicted octanol–water partition coefficient (Wildman–Crippen LogP) is 3.77. The van der Waals surface area contributed by atoms with Crippen molar-refractivity contribution in [1.82, 2.24) is 20.0 Å². The number of amides is 1. The smallest absolute Gasteiger partial charge is 0.274 e. The summed E-state index contributed by atoms with van der Waals surface area (Å²) < 4.78 is 2.64. The molecule has 0 aromatic carbocycles. The molecule has 0 radical (unpaired) electrons. The number of thiophene rings is 1. The Balaban J connectivity index is 0.00000225. The molecule has 1 aliphatic rings. The van der Waals surface area contributed by atoms with E-state index in [-0.39, 0.29) is 18.3 Å². The fourth-order valence-corrected chi connectivity index (χ4v) is 3.98. The molecule has 1 unspecified atom stereocenters. The van der Waals surface area contributed by atoms with Crippen LogP contribution >= 0.6 is 35.3 Å². The molecule has 0 aliphatic carbocycles. The number of carbonyl (C=O) groups excluding carboxylic acids is 1. The first-order chi connectivity index (χ1) is 11.7. The number of halogens is 2. The van der Waals surface area contributed by atoms with E-state index in [2.05, 4.69) is 17.0 Å². The van der Waals surface area contributed by atoms with Gasteiger partial charge in [0.2, 0.25) is 0 Å². The quantitative estimate of drug-likeness (QED) is 0.750. The van der Waals surface area contributed by atoms with Crippen LogP contribution in [0, 0.1) is 0 Å². The van der Waals surface area contributed by atoms with Crippen LogP contribution in [0.2, 0.25) is 4.34 Å². The zero-order chi connectivity index (χ0) is 16.9. The van der Waals surface area contributed by atoms with E-state index in [1.165, 1.54) is 11.3 Å². The second kappa shape index (κ2) is 9.38. The summed E-state index contributed by atoms with van der Waals surface area (Å²) in [6.07, 6.45) is 5.86. The minimum absolute atomic E-state index is 0. The zero-order valence-corrected chi connectivity index (χ0v) is 16.2. The van der Waals surface area contributed by atoms with Crippen molar-refractivity contribution < 1.29 is 4.79 Å². The van der Waals surface area contributed by atoms with Gasteiger partial charge in [-0.25, -0.2) is 0 Å². The fraction of sp³-hybridized carbons (Fsp3) is 0.412. The average molecular weight is 401 g/mol. The molecule has 3 rings (SSSR count). The molecule has 1 N–H and O–H groups in total. The molecule has 1 saturated heterocycles. The van der Waals surface area contributed by atoms with Crippen LogP contribution in [0.25, 0.3) is 0 Å². The summed E-state index contributed by atoms with van der Waals surface area (Å²) in [6, 6.07) is 5.92. The molecule has 1 amide bonds. The minimum atomic E-state index is -0.0815. The largest absolute Gasteiger partial charge is 0.328 e. The summed E-state index contributed by atoms with van der Waals surface area (Å²) in [4.78, 5) is 15.6. The van der Waals surface area contributed by atoms with Gasteiger partial charge < -0.3 is 10.2 Å². The van der Waals surface area contributed by atoms with E-state index in [0.29, 0.717) is 24.8 Å². The van der Waals surface area contributed by atoms with Gasteiger partial charge in [0.15, 0.2) is 0 Å².